The zero-order chi connectivity index (χ0) is 18.5. The first-order valence-corrected chi connectivity index (χ1v) is 8.41. The summed E-state index contributed by atoms with van der Waals surface area (Å²) in [5.41, 5.74) is 1.96. The number of hydrogen-bond donors (Lipinski definition) is 2. The number of anilines is 2. The Morgan fingerprint density at radius 3 is 2.50 bits per heavy atom. The number of thiazole rings is 1. The van der Waals surface area contributed by atoms with Gasteiger partial charge < -0.3 is 10.1 Å². The van der Waals surface area contributed by atoms with Crippen molar-refractivity contribution in [2.24, 2.45) is 0 Å². The maximum Gasteiger partial charge on any atom is 0.337 e. The van der Waals surface area contributed by atoms with Gasteiger partial charge in [-0.1, -0.05) is 24.3 Å². The minimum Gasteiger partial charge on any atom is -0.465 e. The van der Waals surface area contributed by atoms with E-state index in [0.717, 1.165) is 5.56 Å². The number of ether oxygens (including phenoxy) is 1. The fourth-order valence-corrected chi connectivity index (χ4v) is 2.89. The second-order valence-electron chi connectivity index (χ2n) is 5.17. The van der Waals surface area contributed by atoms with Crippen LogP contribution in [-0.2, 0) is 4.74 Å². The number of nitrogens with zero attached hydrogens (tertiary/aromatic N) is 1. The zero-order valence-corrected chi connectivity index (χ0v) is 14.5. The van der Waals surface area contributed by atoms with Crippen molar-refractivity contribution >= 4 is 34.2 Å². The lowest BCUT2D eigenvalue weighted by Crippen LogP contribution is -2.19. The summed E-state index contributed by atoms with van der Waals surface area (Å²) in [6, 6.07) is 12.1. The van der Waals surface area contributed by atoms with Gasteiger partial charge in [0.1, 0.15) is 5.82 Å². The highest BCUT2D eigenvalue weighted by molar-refractivity contribution is 7.14. The molecule has 2 amide bonds. The first-order chi connectivity index (χ1) is 12.6. The third-order valence-corrected chi connectivity index (χ3v) is 4.21. The minimum atomic E-state index is -0.586. The second kappa shape index (κ2) is 7.75. The SMILES string of the molecule is COC(=O)c1ccc(-c2csc(NC(=O)Nc3ccccc3F)n2)cc1. The van der Waals surface area contributed by atoms with Gasteiger partial charge in [0.25, 0.3) is 0 Å². The second-order valence-corrected chi connectivity index (χ2v) is 6.02. The van der Waals surface area contributed by atoms with E-state index in [-0.39, 0.29) is 5.69 Å². The van der Waals surface area contributed by atoms with Gasteiger partial charge in [0.05, 0.1) is 24.1 Å². The van der Waals surface area contributed by atoms with Crippen molar-refractivity contribution in [2.45, 2.75) is 0 Å². The average Bonchev–Trinajstić information content (AvgIpc) is 3.11. The van der Waals surface area contributed by atoms with E-state index in [4.69, 9.17) is 0 Å². The molecule has 0 aliphatic rings. The Bertz CT molecular complexity index is 941. The molecule has 0 saturated heterocycles. The number of amides is 2. The Kier molecular flexibility index (Phi) is 5.23. The van der Waals surface area contributed by atoms with E-state index in [2.05, 4.69) is 20.4 Å². The van der Waals surface area contributed by atoms with Gasteiger partial charge in [0.15, 0.2) is 5.13 Å². The molecular formula is C18H14FN3O3S. The lowest BCUT2D eigenvalue weighted by atomic mass is 10.1. The van der Waals surface area contributed by atoms with Crippen LogP contribution in [0.3, 0.4) is 0 Å². The number of methoxy groups -OCH3 is 1. The van der Waals surface area contributed by atoms with Gasteiger partial charge in [-0.2, -0.15) is 0 Å². The molecule has 0 fully saturated rings. The Balaban J connectivity index is 1.67. The summed E-state index contributed by atoms with van der Waals surface area (Å²) in [6.45, 7) is 0. The first-order valence-electron chi connectivity index (χ1n) is 7.53. The van der Waals surface area contributed by atoms with E-state index >= 15 is 0 Å². The summed E-state index contributed by atoms with van der Waals surface area (Å²) < 4.78 is 18.2. The first kappa shape index (κ1) is 17.6. The van der Waals surface area contributed by atoms with Crippen LogP contribution in [-0.4, -0.2) is 24.1 Å². The summed E-state index contributed by atoms with van der Waals surface area (Å²) in [6.07, 6.45) is 0. The normalized spacial score (nSPS) is 10.2. The summed E-state index contributed by atoms with van der Waals surface area (Å²) in [7, 11) is 1.32. The van der Waals surface area contributed by atoms with Gasteiger partial charge in [-0.3, -0.25) is 5.32 Å². The van der Waals surface area contributed by atoms with Gasteiger partial charge in [-0.05, 0) is 24.3 Å². The van der Waals surface area contributed by atoms with Crippen molar-refractivity contribution in [1.29, 1.82) is 0 Å². The number of carbonyl (C=O) groups excluding carboxylic acids is 2. The molecule has 1 aromatic heterocycles. The molecule has 0 aliphatic heterocycles. The number of urea groups is 1. The van der Waals surface area contributed by atoms with E-state index in [1.165, 1.54) is 36.6 Å². The molecule has 0 bridgehead atoms. The number of aromatic nitrogens is 1. The van der Waals surface area contributed by atoms with Crippen molar-refractivity contribution in [3.05, 3.63) is 65.3 Å². The van der Waals surface area contributed by atoms with Crippen molar-refractivity contribution in [2.75, 3.05) is 17.7 Å². The molecule has 26 heavy (non-hydrogen) atoms. The van der Waals surface area contributed by atoms with Crippen LogP contribution in [0.5, 0.6) is 0 Å². The topological polar surface area (TPSA) is 80.3 Å². The van der Waals surface area contributed by atoms with Gasteiger partial charge in [-0.15, -0.1) is 11.3 Å². The lowest BCUT2D eigenvalue weighted by Gasteiger charge is -2.06. The quantitative estimate of drug-likeness (QED) is 0.667. The third kappa shape index (κ3) is 4.04. The highest BCUT2D eigenvalue weighted by Crippen LogP contribution is 2.25. The van der Waals surface area contributed by atoms with E-state index in [9.17, 15) is 14.0 Å². The fourth-order valence-electron chi connectivity index (χ4n) is 2.17. The Morgan fingerprint density at radius 1 is 1.08 bits per heavy atom. The van der Waals surface area contributed by atoms with E-state index < -0.39 is 17.8 Å². The monoisotopic (exact) mass is 371 g/mol. The molecule has 0 atom stereocenters. The molecule has 0 aliphatic carbocycles. The zero-order valence-electron chi connectivity index (χ0n) is 13.7. The number of para-hydroxylation sites is 1. The van der Waals surface area contributed by atoms with Crippen molar-refractivity contribution in [1.82, 2.24) is 4.98 Å². The van der Waals surface area contributed by atoms with Crippen LogP contribution in [0.15, 0.2) is 53.9 Å². The van der Waals surface area contributed by atoms with Crippen LogP contribution in [0.2, 0.25) is 0 Å². The summed E-state index contributed by atoms with van der Waals surface area (Å²) in [5.74, 6) is -0.935. The van der Waals surface area contributed by atoms with Gasteiger partial charge in [0.2, 0.25) is 0 Å². The number of nitrogens with one attached hydrogen (secondary N) is 2. The lowest BCUT2D eigenvalue weighted by molar-refractivity contribution is 0.0600. The summed E-state index contributed by atoms with van der Waals surface area (Å²) >= 11 is 1.23. The molecule has 0 saturated carbocycles. The van der Waals surface area contributed by atoms with Gasteiger partial charge in [0, 0.05) is 10.9 Å². The molecule has 132 valence electrons. The molecule has 3 rings (SSSR count). The van der Waals surface area contributed by atoms with Crippen molar-refractivity contribution < 1.29 is 18.7 Å². The van der Waals surface area contributed by atoms with Crippen LogP contribution in [0.4, 0.5) is 20.0 Å². The third-order valence-electron chi connectivity index (χ3n) is 3.45. The predicted molar refractivity (Wildman–Crippen MR) is 97.9 cm³/mol. The maximum atomic E-state index is 13.5. The fraction of sp³-hybridized carbons (Fsp3) is 0.0556. The molecule has 6 nitrogen and oxygen atoms in total. The molecule has 2 N–H and O–H groups in total. The highest BCUT2D eigenvalue weighted by Gasteiger charge is 2.11. The van der Waals surface area contributed by atoms with E-state index in [1.807, 2.05) is 0 Å². The number of rotatable bonds is 4. The summed E-state index contributed by atoms with van der Waals surface area (Å²) in [5, 5.41) is 7.12. The van der Waals surface area contributed by atoms with Crippen LogP contribution in [0, 0.1) is 5.82 Å². The van der Waals surface area contributed by atoms with Crippen molar-refractivity contribution in [3.63, 3.8) is 0 Å². The van der Waals surface area contributed by atoms with Crippen LogP contribution in [0.25, 0.3) is 11.3 Å². The molecule has 3 aromatic rings. The summed E-state index contributed by atoms with van der Waals surface area (Å²) in [4.78, 5) is 27.7. The number of benzene rings is 2. The molecule has 2 aromatic carbocycles. The largest absolute Gasteiger partial charge is 0.465 e. The Labute approximate surface area is 152 Å². The maximum absolute atomic E-state index is 13.5. The molecule has 1 heterocycles. The van der Waals surface area contributed by atoms with Crippen molar-refractivity contribution in [3.8, 4) is 11.3 Å². The molecule has 8 heteroatoms. The predicted octanol–water partition coefficient (Wildman–Crippen LogP) is 4.38. The minimum absolute atomic E-state index is 0.0835. The van der Waals surface area contributed by atoms with E-state index in [1.54, 1.807) is 35.7 Å². The van der Waals surface area contributed by atoms with E-state index in [0.29, 0.717) is 16.4 Å². The van der Waals surface area contributed by atoms with Crippen LogP contribution >= 0.6 is 11.3 Å². The smallest absolute Gasteiger partial charge is 0.337 e. The van der Waals surface area contributed by atoms with Crippen LogP contribution in [0.1, 0.15) is 10.4 Å². The number of carbonyl (C=O) groups is 2. The number of esters is 1. The Hall–Kier alpha value is -3.26. The van der Waals surface area contributed by atoms with Gasteiger partial charge in [-0.25, -0.2) is 19.0 Å². The standard InChI is InChI=1S/C18H14FN3O3S/c1-25-16(23)12-8-6-11(7-9-12)15-10-26-18(21-15)22-17(24)20-14-5-3-2-4-13(14)19/h2-10H,1H3,(H2,20,21,22,24). The molecule has 0 unspecified atom stereocenters. The molecular weight excluding hydrogens is 357 g/mol. The average molecular weight is 371 g/mol. The number of halogens is 1. The van der Waals surface area contributed by atoms with Gasteiger partial charge >= 0.3 is 12.0 Å². The highest BCUT2D eigenvalue weighted by atomic mass is 32.1. The molecule has 0 spiro atoms. The Morgan fingerprint density at radius 2 is 1.81 bits per heavy atom. The van der Waals surface area contributed by atoms with Crippen LogP contribution < -0.4 is 10.6 Å². The number of hydrogen-bond acceptors (Lipinski definition) is 5. The molecule has 0 radical (unpaired) electrons.